The van der Waals surface area contributed by atoms with Gasteiger partial charge in [-0.05, 0) is 18.8 Å². The number of Topliss-reactive ketones (excluding diaryl/α,β-unsaturated/α-hetero) is 1. The molecular formula is C14H22N2O3S. The zero-order chi connectivity index (χ0) is 14.7. The Morgan fingerprint density at radius 1 is 1.50 bits per heavy atom. The van der Waals surface area contributed by atoms with Gasteiger partial charge >= 0.3 is 0 Å². The van der Waals surface area contributed by atoms with Crippen molar-refractivity contribution in [3.8, 4) is 5.75 Å². The van der Waals surface area contributed by atoms with Crippen molar-refractivity contribution in [2.75, 3.05) is 44.5 Å². The molecule has 0 amide bonds. The summed E-state index contributed by atoms with van der Waals surface area (Å²) in [5.41, 5.74) is 6.46. The maximum Gasteiger partial charge on any atom is 0.177 e. The van der Waals surface area contributed by atoms with Crippen molar-refractivity contribution in [2.45, 2.75) is 19.8 Å². The predicted molar refractivity (Wildman–Crippen MR) is 82.1 cm³/mol. The highest BCUT2D eigenvalue weighted by molar-refractivity contribution is 7.19. The molecule has 2 N–H and O–H groups in total. The van der Waals surface area contributed by atoms with Gasteiger partial charge in [0.05, 0.1) is 17.7 Å². The molecule has 1 fully saturated rings. The maximum atomic E-state index is 11.6. The van der Waals surface area contributed by atoms with Gasteiger partial charge in [0.25, 0.3) is 0 Å². The number of methoxy groups -OCH3 is 1. The molecule has 20 heavy (non-hydrogen) atoms. The van der Waals surface area contributed by atoms with Crippen LogP contribution in [0.15, 0.2) is 0 Å². The van der Waals surface area contributed by atoms with Gasteiger partial charge in [-0.2, -0.15) is 0 Å². The Hall–Kier alpha value is -1.27. The molecule has 1 aromatic heterocycles. The number of rotatable bonds is 5. The van der Waals surface area contributed by atoms with Crippen LogP contribution in [0.1, 0.15) is 29.4 Å². The van der Waals surface area contributed by atoms with Crippen LogP contribution in [0.3, 0.4) is 0 Å². The number of nitrogens with two attached hydrogens (primary N) is 1. The Morgan fingerprint density at radius 3 is 2.70 bits per heavy atom. The van der Waals surface area contributed by atoms with E-state index in [4.69, 9.17) is 15.2 Å². The van der Waals surface area contributed by atoms with Crippen LogP contribution in [0.4, 0.5) is 10.7 Å². The van der Waals surface area contributed by atoms with Crippen LogP contribution in [0.5, 0.6) is 5.75 Å². The third kappa shape index (κ3) is 3.07. The summed E-state index contributed by atoms with van der Waals surface area (Å²) in [4.78, 5) is 14.3. The molecule has 1 aromatic rings. The Balaban J connectivity index is 2.17. The first-order valence-corrected chi connectivity index (χ1v) is 7.62. The molecule has 112 valence electrons. The van der Waals surface area contributed by atoms with Crippen molar-refractivity contribution < 1.29 is 14.3 Å². The number of nitrogens with zero attached hydrogens (tertiary/aromatic N) is 1. The van der Waals surface area contributed by atoms with E-state index in [9.17, 15) is 4.79 Å². The number of nitrogen functional groups attached to an aromatic ring is 1. The summed E-state index contributed by atoms with van der Waals surface area (Å²) in [5, 5.41) is 0.932. The SMILES string of the molecule is COc1c(N(C)CC2CCOCC2)sc(C(C)=O)c1N. The van der Waals surface area contributed by atoms with E-state index in [1.54, 1.807) is 7.11 Å². The molecule has 0 bridgehead atoms. The first kappa shape index (κ1) is 15.1. The van der Waals surface area contributed by atoms with E-state index in [2.05, 4.69) is 4.90 Å². The summed E-state index contributed by atoms with van der Waals surface area (Å²) < 4.78 is 10.8. The molecule has 2 rings (SSSR count). The van der Waals surface area contributed by atoms with Gasteiger partial charge in [-0.1, -0.05) is 0 Å². The summed E-state index contributed by atoms with van der Waals surface area (Å²) in [6.07, 6.45) is 2.15. The quantitative estimate of drug-likeness (QED) is 0.846. The van der Waals surface area contributed by atoms with Crippen molar-refractivity contribution in [3.63, 3.8) is 0 Å². The molecule has 6 heteroatoms. The Morgan fingerprint density at radius 2 is 2.15 bits per heavy atom. The summed E-state index contributed by atoms with van der Waals surface area (Å²) in [6.45, 7) is 4.13. The molecule has 0 atom stereocenters. The highest BCUT2D eigenvalue weighted by atomic mass is 32.1. The fraction of sp³-hybridized carbons (Fsp3) is 0.643. The number of anilines is 2. The second-order valence-corrected chi connectivity index (χ2v) is 6.17. The number of carbonyl (C=O) groups excluding carboxylic acids is 1. The molecule has 0 aromatic carbocycles. The highest BCUT2D eigenvalue weighted by Gasteiger charge is 2.24. The van der Waals surface area contributed by atoms with E-state index in [0.717, 1.165) is 37.6 Å². The monoisotopic (exact) mass is 298 g/mol. The van der Waals surface area contributed by atoms with Gasteiger partial charge in [0.2, 0.25) is 0 Å². The number of thiophene rings is 1. The second-order valence-electron chi connectivity index (χ2n) is 5.18. The number of hydrogen-bond acceptors (Lipinski definition) is 6. The standard InChI is InChI=1S/C14H22N2O3S/c1-9(17)13-11(15)12(18-3)14(20-13)16(2)8-10-4-6-19-7-5-10/h10H,4-8,15H2,1-3H3. The van der Waals surface area contributed by atoms with E-state index in [-0.39, 0.29) is 5.78 Å². The van der Waals surface area contributed by atoms with Crippen molar-refractivity contribution in [1.82, 2.24) is 0 Å². The number of carbonyl (C=O) groups is 1. The fourth-order valence-electron chi connectivity index (χ4n) is 2.53. The molecule has 0 saturated carbocycles. The van der Waals surface area contributed by atoms with E-state index in [1.807, 2.05) is 7.05 Å². The predicted octanol–water partition coefficient (Wildman–Crippen LogP) is 2.40. The van der Waals surface area contributed by atoms with Gasteiger partial charge in [0.15, 0.2) is 11.5 Å². The molecule has 2 heterocycles. The average Bonchev–Trinajstić information content (AvgIpc) is 2.77. The third-order valence-corrected chi connectivity index (χ3v) is 5.03. The molecule has 1 saturated heterocycles. The van der Waals surface area contributed by atoms with Crippen LogP contribution in [-0.2, 0) is 4.74 Å². The largest absolute Gasteiger partial charge is 0.492 e. The van der Waals surface area contributed by atoms with Crippen LogP contribution >= 0.6 is 11.3 Å². The molecule has 1 aliphatic heterocycles. The van der Waals surface area contributed by atoms with Crippen molar-refractivity contribution in [3.05, 3.63) is 4.88 Å². The third-order valence-electron chi connectivity index (χ3n) is 3.63. The lowest BCUT2D eigenvalue weighted by Crippen LogP contribution is -2.29. The van der Waals surface area contributed by atoms with E-state index >= 15 is 0 Å². The number of ether oxygens (including phenoxy) is 2. The van der Waals surface area contributed by atoms with Crippen molar-refractivity contribution in [2.24, 2.45) is 5.92 Å². The van der Waals surface area contributed by atoms with Crippen molar-refractivity contribution >= 4 is 27.8 Å². The van der Waals surface area contributed by atoms with Crippen LogP contribution in [-0.4, -0.2) is 39.7 Å². The fourth-order valence-corrected chi connectivity index (χ4v) is 3.58. The van der Waals surface area contributed by atoms with Gasteiger partial charge < -0.3 is 20.1 Å². The minimum atomic E-state index is -0.0171. The maximum absolute atomic E-state index is 11.6. The Labute approximate surface area is 123 Å². The topological polar surface area (TPSA) is 64.8 Å². The molecule has 0 radical (unpaired) electrons. The van der Waals surface area contributed by atoms with Gasteiger partial charge in [-0.15, -0.1) is 11.3 Å². The summed E-state index contributed by atoms with van der Waals surface area (Å²) in [7, 11) is 3.61. The molecule has 0 unspecified atom stereocenters. The van der Waals surface area contributed by atoms with E-state index in [0.29, 0.717) is 22.2 Å². The zero-order valence-corrected chi connectivity index (χ0v) is 13.1. The normalized spacial score (nSPS) is 16.1. The van der Waals surface area contributed by atoms with Gasteiger partial charge in [0, 0.05) is 33.7 Å². The minimum Gasteiger partial charge on any atom is -0.492 e. The highest BCUT2D eigenvalue weighted by Crippen LogP contribution is 2.44. The van der Waals surface area contributed by atoms with E-state index in [1.165, 1.54) is 18.3 Å². The molecular weight excluding hydrogens is 276 g/mol. The van der Waals surface area contributed by atoms with Crippen LogP contribution in [0.2, 0.25) is 0 Å². The van der Waals surface area contributed by atoms with E-state index < -0.39 is 0 Å². The lowest BCUT2D eigenvalue weighted by Gasteiger charge is -2.28. The zero-order valence-electron chi connectivity index (χ0n) is 12.3. The first-order chi connectivity index (χ1) is 9.54. The first-order valence-electron chi connectivity index (χ1n) is 6.80. The molecule has 0 aliphatic carbocycles. The average molecular weight is 298 g/mol. The van der Waals surface area contributed by atoms with Gasteiger partial charge in [0.1, 0.15) is 5.00 Å². The van der Waals surface area contributed by atoms with Crippen molar-refractivity contribution in [1.29, 1.82) is 0 Å². The molecule has 0 spiro atoms. The number of hydrogen-bond donors (Lipinski definition) is 1. The van der Waals surface area contributed by atoms with Gasteiger partial charge in [-0.3, -0.25) is 4.79 Å². The minimum absolute atomic E-state index is 0.0171. The molecule has 5 nitrogen and oxygen atoms in total. The lowest BCUT2D eigenvalue weighted by atomic mass is 10.00. The van der Waals surface area contributed by atoms with Crippen LogP contribution < -0.4 is 15.4 Å². The number of ketones is 1. The second kappa shape index (κ2) is 6.45. The molecule has 1 aliphatic rings. The van der Waals surface area contributed by atoms with Gasteiger partial charge in [-0.25, -0.2) is 0 Å². The van der Waals surface area contributed by atoms with Crippen LogP contribution in [0, 0.1) is 5.92 Å². The Bertz CT molecular complexity index is 481. The van der Waals surface area contributed by atoms with Crippen LogP contribution in [0.25, 0.3) is 0 Å². The summed E-state index contributed by atoms with van der Waals surface area (Å²) >= 11 is 1.41. The Kier molecular flexibility index (Phi) is 4.88. The lowest BCUT2D eigenvalue weighted by molar-refractivity contribution is 0.0685. The smallest absolute Gasteiger partial charge is 0.177 e. The summed E-state index contributed by atoms with van der Waals surface area (Å²) in [5.74, 6) is 1.22. The summed E-state index contributed by atoms with van der Waals surface area (Å²) in [6, 6.07) is 0.